The molecular formula is C53H35N3. The molecule has 0 bridgehead atoms. The van der Waals surface area contributed by atoms with Crippen LogP contribution in [0.15, 0.2) is 194 Å². The second-order valence-electron chi connectivity index (χ2n) is 14.9. The van der Waals surface area contributed by atoms with Gasteiger partial charge in [0.2, 0.25) is 0 Å². The van der Waals surface area contributed by atoms with Crippen molar-refractivity contribution in [2.45, 2.75) is 12.3 Å². The lowest BCUT2D eigenvalue weighted by atomic mass is 9.70. The molecule has 2 heterocycles. The summed E-state index contributed by atoms with van der Waals surface area (Å²) in [7, 11) is 0. The van der Waals surface area contributed by atoms with Crippen LogP contribution in [0.5, 0.6) is 0 Å². The highest BCUT2D eigenvalue weighted by Gasteiger charge is 2.51. The smallest absolute Gasteiger partial charge is 0.160 e. The minimum atomic E-state index is -0.508. The van der Waals surface area contributed by atoms with Crippen molar-refractivity contribution >= 4 is 0 Å². The van der Waals surface area contributed by atoms with Crippen LogP contribution in [-0.2, 0) is 5.41 Å². The third kappa shape index (κ3) is 4.87. The molecule has 11 rings (SSSR count). The van der Waals surface area contributed by atoms with Gasteiger partial charge < -0.3 is 0 Å². The highest BCUT2D eigenvalue weighted by molar-refractivity contribution is 5.97. The summed E-state index contributed by atoms with van der Waals surface area (Å²) in [6, 6.07) is 65.8. The van der Waals surface area contributed by atoms with Crippen LogP contribution in [0.25, 0.3) is 78.4 Å². The van der Waals surface area contributed by atoms with Crippen molar-refractivity contribution in [3.8, 4) is 78.4 Å². The van der Waals surface area contributed by atoms with Gasteiger partial charge >= 0.3 is 0 Å². The van der Waals surface area contributed by atoms with E-state index < -0.39 is 5.41 Å². The van der Waals surface area contributed by atoms with Crippen LogP contribution >= 0.6 is 0 Å². The van der Waals surface area contributed by atoms with E-state index >= 15 is 0 Å². The molecule has 0 saturated heterocycles. The van der Waals surface area contributed by atoms with Crippen molar-refractivity contribution in [3.05, 3.63) is 222 Å². The Bertz CT molecular complexity index is 2930. The van der Waals surface area contributed by atoms with Crippen molar-refractivity contribution in [1.29, 1.82) is 0 Å². The summed E-state index contributed by atoms with van der Waals surface area (Å²) in [5, 5.41) is 0. The number of nitrogens with zero attached hydrogens (tertiary/aromatic N) is 3. The number of aryl methyl sites for hydroxylation is 1. The summed E-state index contributed by atoms with van der Waals surface area (Å²) >= 11 is 0. The number of fused-ring (bicyclic) bond motifs is 10. The van der Waals surface area contributed by atoms with Gasteiger partial charge in [0.25, 0.3) is 0 Å². The van der Waals surface area contributed by atoms with Crippen molar-refractivity contribution in [2.24, 2.45) is 0 Å². The average molecular weight is 714 g/mol. The first-order valence-electron chi connectivity index (χ1n) is 19.2. The van der Waals surface area contributed by atoms with Gasteiger partial charge in [-0.05, 0) is 98.0 Å². The Morgan fingerprint density at radius 1 is 0.339 bits per heavy atom. The van der Waals surface area contributed by atoms with Gasteiger partial charge in [-0.25, -0.2) is 9.97 Å². The first-order valence-corrected chi connectivity index (χ1v) is 19.2. The molecular weight excluding hydrogens is 679 g/mol. The SMILES string of the molecule is Cc1cncc(-c2ccccc2-c2ccc3c(c2)-c2ccccc2C32c3ccccc3-c3ccc(-c4nc(-c5ccccc5)cc(-c5ccccc5)n4)cc32)c1. The normalized spacial score (nSPS) is 14.6. The van der Waals surface area contributed by atoms with Gasteiger partial charge in [-0.1, -0.05) is 158 Å². The molecule has 2 aromatic heterocycles. The number of pyridine rings is 1. The zero-order chi connectivity index (χ0) is 37.2. The van der Waals surface area contributed by atoms with Gasteiger partial charge in [-0.3, -0.25) is 4.98 Å². The maximum Gasteiger partial charge on any atom is 0.160 e. The van der Waals surface area contributed by atoms with Crippen LogP contribution in [0.2, 0.25) is 0 Å². The molecule has 3 nitrogen and oxygen atoms in total. The summed E-state index contributed by atoms with van der Waals surface area (Å²) in [5.41, 5.74) is 20.4. The topological polar surface area (TPSA) is 38.7 Å². The molecule has 0 fully saturated rings. The van der Waals surface area contributed by atoms with Crippen molar-refractivity contribution in [3.63, 3.8) is 0 Å². The Kier molecular flexibility index (Phi) is 7.30. The molecule has 1 unspecified atom stereocenters. The third-order valence-corrected chi connectivity index (χ3v) is 11.6. The minimum absolute atomic E-state index is 0.508. The zero-order valence-electron chi connectivity index (χ0n) is 30.8. The maximum atomic E-state index is 5.25. The monoisotopic (exact) mass is 713 g/mol. The van der Waals surface area contributed by atoms with E-state index in [1.807, 2.05) is 24.5 Å². The molecule has 0 saturated carbocycles. The molecule has 56 heavy (non-hydrogen) atoms. The molecule has 0 amide bonds. The highest BCUT2D eigenvalue weighted by atomic mass is 14.9. The molecule has 1 spiro atoms. The number of hydrogen-bond acceptors (Lipinski definition) is 3. The van der Waals surface area contributed by atoms with Crippen molar-refractivity contribution in [1.82, 2.24) is 15.0 Å². The van der Waals surface area contributed by atoms with E-state index in [2.05, 4.69) is 182 Å². The summed E-state index contributed by atoms with van der Waals surface area (Å²) in [5.74, 6) is 0.711. The van der Waals surface area contributed by atoms with E-state index in [-0.39, 0.29) is 0 Å². The molecule has 7 aromatic carbocycles. The summed E-state index contributed by atoms with van der Waals surface area (Å²) < 4.78 is 0. The largest absolute Gasteiger partial charge is 0.264 e. The van der Waals surface area contributed by atoms with Gasteiger partial charge in [0, 0.05) is 34.6 Å². The Morgan fingerprint density at radius 3 is 1.50 bits per heavy atom. The number of benzene rings is 7. The molecule has 2 aliphatic rings. The molecule has 262 valence electrons. The van der Waals surface area contributed by atoms with Gasteiger partial charge in [0.1, 0.15) is 0 Å². The Hall–Kier alpha value is -7.23. The van der Waals surface area contributed by atoms with Crippen LogP contribution in [0.3, 0.4) is 0 Å². The Balaban J connectivity index is 1.14. The van der Waals surface area contributed by atoms with E-state index in [1.54, 1.807) is 0 Å². The second-order valence-corrected chi connectivity index (χ2v) is 14.9. The Labute approximate surface area is 326 Å². The molecule has 0 aliphatic heterocycles. The first-order chi connectivity index (χ1) is 27.7. The van der Waals surface area contributed by atoms with E-state index in [4.69, 9.17) is 9.97 Å². The standard InChI is InChI=1S/C53H35N3/c1-34-28-39(33-54-32-34)41-19-9-8-18-40(41)37-25-27-48-45(29-37)43-21-11-13-23-47(43)53(48)46-22-12-10-20-42(46)44-26-24-38(30-49(44)53)52-55-50(35-14-4-2-5-15-35)31-51(56-52)36-16-6-3-7-17-36/h2-33H,1H3. The quantitative estimate of drug-likeness (QED) is 0.178. The lowest BCUT2D eigenvalue weighted by Crippen LogP contribution is -2.25. The van der Waals surface area contributed by atoms with E-state index in [0.29, 0.717) is 5.82 Å². The average Bonchev–Trinajstić information content (AvgIpc) is 3.73. The second kappa shape index (κ2) is 12.7. The van der Waals surface area contributed by atoms with Crippen LogP contribution in [-0.4, -0.2) is 15.0 Å². The predicted octanol–water partition coefficient (Wildman–Crippen LogP) is 12.9. The summed E-state index contributed by atoms with van der Waals surface area (Å²) in [6.07, 6.45) is 3.88. The van der Waals surface area contributed by atoms with E-state index in [1.165, 1.54) is 61.2 Å². The van der Waals surface area contributed by atoms with E-state index in [9.17, 15) is 0 Å². The molecule has 9 aromatic rings. The number of aromatic nitrogens is 3. The fraction of sp³-hybridized carbons (Fsp3) is 0.0377. The summed E-state index contributed by atoms with van der Waals surface area (Å²) in [6.45, 7) is 2.10. The van der Waals surface area contributed by atoms with Gasteiger partial charge in [-0.15, -0.1) is 0 Å². The maximum absolute atomic E-state index is 5.25. The number of rotatable bonds is 5. The van der Waals surface area contributed by atoms with Gasteiger partial charge in [-0.2, -0.15) is 0 Å². The van der Waals surface area contributed by atoms with Gasteiger partial charge in [0.05, 0.1) is 16.8 Å². The molecule has 0 N–H and O–H groups in total. The fourth-order valence-corrected chi connectivity index (χ4v) is 9.23. The molecule has 1 atom stereocenters. The first kappa shape index (κ1) is 32.2. The van der Waals surface area contributed by atoms with Crippen molar-refractivity contribution in [2.75, 3.05) is 0 Å². The van der Waals surface area contributed by atoms with Crippen molar-refractivity contribution < 1.29 is 0 Å². The molecule has 3 heteroatoms. The van der Waals surface area contributed by atoms with Crippen LogP contribution in [0.4, 0.5) is 0 Å². The Morgan fingerprint density at radius 2 is 0.857 bits per heavy atom. The third-order valence-electron chi connectivity index (χ3n) is 11.6. The molecule has 2 aliphatic carbocycles. The van der Waals surface area contributed by atoms with Gasteiger partial charge in [0.15, 0.2) is 5.82 Å². The highest BCUT2D eigenvalue weighted by Crippen LogP contribution is 2.63. The predicted molar refractivity (Wildman–Crippen MR) is 228 cm³/mol. The lowest BCUT2D eigenvalue weighted by Gasteiger charge is -2.30. The zero-order valence-corrected chi connectivity index (χ0v) is 30.8. The number of hydrogen-bond donors (Lipinski definition) is 0. The van der Waals surface area contributed by atoms with Crippen LogP contribution in [0.1, 0.15) is 27.8 Å². The van der Waals surface area contributed by atoms with E-state index in [0.717, 1.165) is 39.2 Å². The summed E-state index contributed by atoms with van der Waals surface area (Å²) in [4.78, 5) is 15.0. The minimum Gasteiger partial charge on any atom is -0.264 e. The van der Waals surface area contributed by atoms with Crippen LogP contribution < -0.4 is 0 Å². The fourth-order valence-electron chi connectivity index (χ4n) is 9.23. The molecule has 0 radical (unpaired) electrons. The lowest BCUT2D eigenvalue weighted by molar-refractivity contribution is 0.794. The van der Waals surface area contributed by atoms with Crippen LogP contribution in [0, 0.1) is 6.92 Å².